The summed E-state index contributed by atoms with van der Waals surface area (Å²) in [4.78, 5) is 10.3. The number of rotatable bonds is 6. The minimum absolute atomic E-state index is 0.128. The Morgan fingerprint density at radius 1 is 1.56 bits per heavy atom. The van der Waals surface area contributed by atoms with Gasteiger partial charge >= 0.3 is 5.97 Å². The van der Waals surface area contributed by atoms with Gasteiger partial charge in [-0.05, 0) is 35.9 Å². The van der Waals surface area contributed by atoms with Gasteiger partial charge in [-0.1, -0.05) is 11.6 Å². The molecule has 0 unspecified atom stereocenters. The van der Waals surface area contributed by atoms with Gasteiger partial charge in [0.05, 0.1) is 12.9 Å². The molecule has 5 heteroatoms. The lowest BCUT2D eigenvalue weighted by Gasteiger charge is -2.08. The van der Waals surface area contributed by atoms with Gasteiger partial charge in [0.1, 0.15) is 5.75 Å². The topological polar surface area (TPSA) is 46.5 Å². The van der Waals surface area contributed by atoms with Crippen LogP contribution in [-0.4, -0.2) is 29.7 Å². The van der Waals surface area contributed by atoms with E-state index in [0.29, 0.717) is 5.02 Å². The van der Waals surface area contributed by atoms with Gasteiger partial charge in [-0.2, -0.15) is 0 Å². The molecule has 0 aliphatic heterocycles. The summed E-state index contributed by atoms with van der Waals surface area (Å²) in [5, 5.41) is 9.15. The number of carboxylic acid groups (broad SMARTS) is 1. The Morgan fingerprint density at radius 2 is 2.31 bits per heavy atom. The SMILES string of the molecule is COc1ccc(Cl)cc1CCSCC(=O)O. The molecule has 3 nitrogen and oxygen atoms in total. The first kappa shape index (κ1) is 13.2. The Labute approximate surface area is 104 Å². The van der Waals surface area contributed by atoms with Gasteiger partial charge in [0.25, 0.3) is 0 Å². The Balaban J connectivity index is 2.51. The van der Waals surface area contributed by atoms with Crippen molar-refractivity contribution in [3.8, 4) is 5.75 Å². The first-order chi connectivity index (χ1) is 7.63. The van der Waals surface area contributed by atoms with Crippen LogP contribution in [-0.2, 0) is 11.2 Å². The van der Waals surface area contributed by atoms with Crippen molar-refractivity contribution in [3.05, 3.63) is 28.8 Å². The van der Waals surface area contributed by atoms with Crippen LogP contribution in [0.15, 0.2) is 18.2 Å². The van der Waals surface area contributed by atoms with E-state index in [4.69, 9.17) is 21.4 Å². The summed E-state index contributed by atoms with van der Waals surface area (Å²) in [6, 6.07) is 5.44. The number of methoxy groups -OCH3 is 1. The minimum atomic E-state index is -0.789. The Morgan fingerprint density at radius 3 is 2.94 bits per heavy atom. The Kier molecular flexibility index (Phi) is 5.49. The van der Waals surface area contributed by atoms with Crippen molar-refractivity contribution in [1.29, 1.82) is 0 Å². The average molecular weight is 261 g/mol. The van der Waals surface area contributed by atoms with Gasteiger partial charge in [0.2, 0.25) is 0 Å². The zero-order chi connectivity index (χ0) is 12.0. The number of halogens is 1. The van der Waals surface area contributed by atoms with E-state index in [1.165, 1.54) is 11.8 Å². The van der Waals surface area contributed by atoms with Crippen molar-refractivity contribution < 1.29 is 14.6 Å². The summed E-state index contributed by atoms with van der Waals surface area (Å²) < 4.78 is 5.19. The predicted octanol–water partition coefficient (Wildman–Crippen LogP) is 2.71. The molecule has 0 aromatic heterocycles. The number of carboxylic acids is 1. The molecule has 0 fully saturated rings. The van der Waals surface area contributed by atoms with E-state index in [1.807, 2.05) is 12.1 Å². The average Bonchev–Trinajstić information content (AvgIpc) is 2.24. The molecule has 0 bridgehead atoms. The van der Waals surface area contributed by atoms with Crippen LogP contribution in [0.5, 0.6) is 5.75 Å². The summed E-state index contributed by atoms with van der Waals surface area (Å²) in [5.41, 5.74) is 1.01. The molecule has 88 valence electrons. The van der Waals surface area contributed by atoms with Crippen molar-refractivity contribution in [3.63, 3.8) is 0 Å². The second kappa shape index (κ2) is 6.66. The molecule has 0 aliphatic rings. The van der Waals surface area contributed by atoms with E-state index < -0.39 is 5.97 Å². The van der Waals surface area contributed by atoms with E-state index in [0.717, 1.165) is 23.5 Å². The van der Waals surface area contributed by atoms with Crippen LogP contribution in [0.1, 0.15) is 5.56 Å². The monoisotopic (exact) mass is 260 g/mol. The number of carbonyl (C=O) groups is 1. The van der Waals surface area contributed by atoms with E-state index in [2.05, 4.69) is 0 Å². The fourth-order valence-electron chi connectivity index (χ4n) is 1.28. The molecule has 0 spiro atoms. The Bertz CT molecular complexity index is 368. The number of aryl methyl sites for hydroxylation is 1. The highest BCUT2D eigenvalue weighted by Gasteiger charge is 2.04. The summed E-state index contributed by atoms with van der Waals surface area (Å²) >= 11 is 7.26. The highest BCUT2D eigenvalue weighted by Crippen LogP contribution is 2.23. The molecule has 0 atom stereocenters. The van der Waals surface area contributed by atoms with Crippen LogP contribution in [0.4, 0.5) is 0 Å². The van der Waals surface area contributed by atoms with Gasteiger partial charge in [0, 0.05) is 5.02 Å². The third-order valence-corrected chi connectivity index (χ3v) is 3.16. The molecule has 0 aliphatic carbocycles. The highest BCUT2D eigenvalue weighted by atomic mass is 35.5. The number of hydrogen-bond acceptors (Lipinski definition) is 3. The highest BCUT2D eigenvalue weighted by molar-refractivity contribution is 7.99. The summed E-state index contributed by atoms with van der Waals surface area (Å²) in [6.45, 7) is 0. The number of aliphatic carboxylic acids is 1. The van der Waals surface area contributed by atoms with Gasteiger partial charge < -0.3 is 9.84 Å². The molecule has 1 rings (SSSR count). The van der Waals surface area contributed by atoms with Crippen LogP contribution in [0.25, 0.3) is 0 Å². The van der Waals surface area contributed by atoms with Crippen LogP contribution in [0.3, 0.4) is 0 Å². The quantitative estimate of drug-likeness (QED) is 0.799. The van der Waals surface area contributed by atoms with Crippen LogP contribution < -0.4 is 4.74 Å². The molecule has 0 amide bonds. The molecule has 1 aromatic rings. The van der Waals surface area contributed by atoms with Crippen LogP contribution in [0.2, 0.25) is 5.02 Å². The molecular formula is C11H13ClO3S. The summed E-state index contributed by atoms with van der Waals surface area (Å²) in [7, 11) is 1.61. The number of thioether (sulfide) groups is 1. The maximum Gasteiger partial charge on any atom is 0.313 e. The Hall–Kier alpha value is -0.870. The molecule has 0 saturated carbocycles. The fourth-order valence-corrected chi connectivity index (χ4v) is 2.16. The zero-order valence-corrected chi connectivity index (χ0v) is 10.5. The molecule has 0 radical (unpaired) electrons. The molecular weight excluding hydrogens is 248 g/mol. The number of benzene rings is 1. The normalized spacial score (nSPS) is 10.1. The lowest BCUT2D eigenvalue weighted by molar-refractivity contribution is -0.133. The van der Waals surface area contributed by atoms with Crippen LogP contribution >= 0.6 is 23.4 Å². The standard InChI is InChI=1S/C11H13ClO3S/c1-15-10-3-2-9(12)6-8(10)4-5-16-7-11(13)14/h2-3,6H,4-5,7H2,1H3,(H,13,14). The third kappa shape index (κ3) is 4.33. The summed E-state index contributed by atoms with van der Waals surface area (Å²) in [5.74, 6) is 0.870. The lowest BCUT2D eigenvalue weighted by atomic mass is 10.1. The lowest BCUT2D eigenvalue weighted by Crippen LogP contribution is -2.00. The van der Waals surface area contributed by atoms with Gasteiger partial charge in [-0.15, -0.1) is 11.8 Å². The van der Waals surface area contributed by atoms with Crippen LogP contribution in [0, 0.1) is 0 Å². The van der Waals surface area contributed by atoms with Crippen molar-refractivity contribution in [2.45, 2.75) is 6.42 Å². The third-order valence-electron chi connectivity index (χ3n) is 1.98. The first-order valence-electron chi connectivity index (χ1n) is 4.75. The van der Waals surface area contributed by atoms with Crippen molar-refractivity contribution >= 4 is 29.3 Å². The van der Waals surface area contributed by atoms with Gasteiger partial charge in [0.15, 0.2) is 0 Å². The zero-order valence-electron chi connectivity index (χ0n) is 8.90. The smallest absolute Gasteiger partial charge is 0.313 e. The van der Waals surface area contributed by atoms with E-state index in [1.54, 1.807) is 13.2 Å². The van der Waals surface area contributed by atoms with E-state index in [-0.39, 0.29) is 5.75 Å². The second-order valence-corrected chi connectivity index (χ2v) is 4.69. The maximum atomic E-state index is 10.3. The van der Waals surface area contributed by atoms with Gasteiger partial charge in [-0.3, -0.25) is 4.79 Å². The molecule has 0 heterocycles. The molecule has 16 heavy (non-hydrogen) atoms. The summed E-state index contributed by atoms with van der Waals surface area (Å²) in [6.07, 6.45) is 0.752. The molecule has 1 aromatic carbocycles. The molecule has 0 saturated heterocycles. The maximum absolute atomic E-state index is 10.3. The van der Waals surface area contributed by atoms with Crippen molar-refractivity contribution in [2.24, 2.45) is 0 Å². The largest absolute Gasteiger partial charge is 0.496 e. The minimum Gasteiger partial charge on any atom is -0.496 e. The second-order valence-electron chi connectivity index (χ2n) is 3.15. The van der Waals surface area contributed by atoms with Gasteiger partial charge in [-0.25, -0.2) is 0 Å². The van der Waals surface area contributed by atoms with Crippen molar-refractivity contribution in [1.82, 2.24) is 0 Å². The number of ether oxygens (including phenoxy) is 1. The predicted molar refractivity (Wildman–Crippen MR) is 66.7 cm³/mol. The van der Waals surface area contributed by atoms with E-state index in [9.17, 15) is 4.79 Å². The van der Waals surface area contributed by atoms with Crippen molar-refractivity contribution in [2.75, 3.05) is 18.6 Å². The first-order valence-corrected chi connectivity index (χ1v) is 6.28. The molecule has 1 N–H and O–H groups in total. The number of hydrogen-bond donors (Lipinski definition) is 1. The van der Waals surface area contributed by atoms with E-state index >= 15 is 0 Å². The fraction of sp³-hybridized carbons (Fsp3) is 0.364.